The van der Waals surface area contributed by atoms with Crippen LogP contribution in [0.4, 0.5) is 0 Å². The molecule has 10 N–H and O–H groups in total. The van der Waals surface area contributed by atoms with Crippen LogP contribution in [-0.2, 0) is 35.2 Å². The van der Waals surface area contributed by atoms with E-state index in [1.165, 1.54) is 11.8 Å². The number of aliphatic hydroxyl groups is 1. The Morgan fingerprint density at radius 1 is 0.814 bits per heavy atom. The predicted molar refractivity (Wildman–Crippen MR) is 161 cm³/mol. The van der Waals surface area contributed by atoms with Crippen LogP contribution >= 0.6 is 11.8 Å². The molecule has 1 aromatic carbocycles. The normalized spacial score (nSPS) is 14.5. The number of primary amides is 1. The molecule has 0 aliphatic rings. The number of hydrogen-bond donors (Lipinski definition) is 8. The van der Waals surface area contributed by atoms with Gasteiger partial charge in [-0.1, -0.05) is 44.2 Å². The third kappa shape index (κ3) is 14.4. The Balaban J connectivity index is 2.97. The summed E-state index contributed by atoms with van der Waals surface area (Å²) < 4.78 is 0. The average molecular weight is 625 g/mol. The Hall–Kier alpha value is -3.69. The molecule has 0 aliphatic carbocycles. The number of rotatable bonds is 20. The fourth-order valence-electron chi connectivity index (χ4n) is 3.98. The van der Waals surface area contributed by atoms with Crippen molar-refractivity contribution in [2.75, 3.05) is 18.6 Å². The molecular formula is C28H44N6O8S. The van der Waals surface area contributed by atoms with Crippen molar-refractivity contribution in [3.8, 4) is 0 Å². The van der Waals surface area contributed by atoms with E-state index in [1.54, 1.807) is 36.6 Å². The number of carboxylic acids is 1. The SMILES string of the molecule is CSCC[C@H](NC(=O)[C@H](CO)NC(=O)[C@H](CC(C)C)NC(=O)[C@@H](N)CCC(N)=O)C(=O)N[C@@H](Cc1ccccc1)C(=O)O. The monoisotopic (exact) mass is 624 g/mol. The molecule has 15 heteroatoms. The zero-order chi connectivity index (χ0) is 32.5. The minimum atomic E-state index is -1.48. The highest BCUT2D eigenvalue weighted by molar-refractivity contribution is 7.98. The fourth-order valence-corrected chi connectivity index (χ4v) is 4.45. The minimum absolute atomic E-state index is 0.0214. The van der Waals surface area contributed by atoms with Crippen LogP contribution < -0.4 is 32.7 Å². The summed E-state index contributed by atoms with van der Waals surface area (Å²) in [4.78, 5) is 74.7. The van der Waals surface area contributed by atoms with Gasteiger partial charge in [0.25, 0.3) is 0 Å². The summed E-state index contributed by atoms with van der Waals surface area (Å²) in [5.41, 5.74) is 11.6. The molecule has 14 nitrogen and oxygen atoms in total. The quantitative estimate of drug-likeness (QED) is 0.0846. The summed E-state index contributed by atoms with van der Waals surface area (Å²) in [5.74, 6) is -4.55. The van der Waals surface area contributed by atoms with Crippen LogP contribution in [0.3, 0.4) is 0 Å². The van der Waals surface area contributed by atoms with E-state index in [4.69, 9.17) is 11.5 Å². The second-order valence-electron chi connectivity index (χ2n) is 10.5. The standard InChI is InChI=1S/C28H44N6O8S/c1-16(2)13-20(32-24(37)18(29)9-10-23(30)36)26(39)34-22(15-35)27(40)31-19(11-12-43-3)25(38)33-21(28(41)42)14-17-7-5-4-6-8-17/h4-8,16,18-22,35H,9-15,29H2,1-3H3,(H2,30,36)(H,31,40)(H,32,37)(H,33,38)(H,34,39)(H,41,42)/t18-,19-,20-,21-,22-/m0/s1. The van der Waals surface area contributed by atoms with E-state index in [-0.39, 0.29) is 38.0 Å². The molecule has 5 amide bonds. The molecule has 240 valence electrons. The van der Waals surface area contributed by atoms with Gasteiger partial charge in [0.1, 0.15) is 24.2 Å². The maximum absolute atomic E-state index is 13.1. The second kappa shape index (κ2) is 19.5. The molecule has 0 spiro atoms. The van der Waals surface area contributed by atoms with Crippen molar-refractivity contribution in [3.05, 3.63) is 35.9 Å². The molecule has 0 heterocycles. The van der Waals surface area contributed by atoms with E-state index in [0.717, 1.165) is 0 Å². The number of aliphatic carboxylic acids is 1. The lowest BCUT2D eigenvalue weighted by Crippen LogP contribution is -2.59. The van der Waals surface area contributed by atoms with Crippen LogP contribution in [0.5, 0.6) is 0 Å². The van der Waals surface area contributed by atoms with Crippen LogP contribution in [0.25, 0.3) is 0 Å². The van der Waals surface area contributed by atoms with Crippen molar-refractivity contribution in [1.82, 2.24) is 21.3 Å². The Kier molecular flexibility index (Phi) is 16.9. The Morgan fingerprint density at radius 2 is 1.35 bits per heavy atom. The van der Waals surface area contributed by atoms with Gasteiger partial charge in [0.2, 0.25) is 29.5 Å². The Morgan fingerprint density at radius 3 is 1.88 bits per heavy atom. The molecule has 1 rings (SSSR count). The number of benzene rings is 1. The van der Waals surface area contributed by atoms with Crippen molar-refractivity contribution in [2.45, 2.75) is 76.2 Å². The summed E-state index contributed by atoms with van der Waals surface area (Å²) in [6, 6.07) is 2.63. The van der Waals surface area contributed by atoms with Crippen molar-refractivity contribution < 1.29 is 39.0 Å². The molecule has 43 heavy (non-hydrogen) atoms. The van der Waals surface area contributed by atoms with Gasteiger partial charge in [0.05, 0.1) is 12.6 Å². The molecule has 1 aromatic rings. The van der Waals surface area contributed by atoms with Gasteiger partial charge in [-0.25, -0.2) is 4.79 Å². The lowest BCUT2D eigenvalue weighted by molar-refractivity contribution is -0.142. The first-order chi connectivity index (χ1) is 20.3. The van der Waals surface area contributed by atoms with Gasteiger partial charge in [0, 0.05) is 12.8 Å². The van der Waals surface area contributed by atoms with Crippen molar-refractivity contribution in [1.29, 1.82) is 0 Å². The number of carboxylic acid groups (broad SMARTS) is 1. The summed E-state index contributed by atoms with van der Waals surface area (Å²) in [5, 5.41) is 29.4. The lowest BCUT2D eigenvalue weighted by atomic mass is 10.0. The summed E-state index contributed by atoms with van der Waals surface area (Å²) in [6.07, 6.45) is 2.01. The number of thioether (sulfide) groups is 1. The van der Waals surface area contributed by atoms with Crippen LogP contribution in [0, 0.1) is 5.92 Å². The number of hydrogen-bond acceptors (Lipinski definition) is 9. The summed E-state index contributed by atoms with van der Waals surface area (Å²) >= 11 is 1.41. The second-order valence-corrected chi connectivity index (χ2v) is 11.5. The zero-order valence-electron chi connectivity index (χ0n) is 24.7. The van der Waals surface area contributed by atoms with Crippen LogP contribution in [0.1, 0.15) is 45.1 Å². The van der Waals surface area contributed by atoms with Crippen LogP contribution in [0.15, 0.2) is 30.3 Å². The third-order valence-corrected chi connectivity index (χ3v) is 6.98. The maximum Gasteiger partial charge on any atom is 0.326 e. The van der Waals surface area contributed by atoms with Gasteiger partial charge < -0.3 is 42.9 Å². The number of carbonyl (C=O) groups excluding carboxylic acids is 5. The largest absolute Gasteiger partial charge is 0.480 e. The molecule has 0 saturated carbocycles. The highest BCUT2D eigenvalue weighted by atomic mass is 32.2. The van der Waals surface area contributed by atoms with Crippen molar-refractivity contribution in [2.24, 2.45) is 17.4 Å². The fraction of sp³-hybridized carbons (Fsp3) is 0.571. The van der Waals surface area contributed by atoms with E-state index in [1.807, 2.05) is 13.8 Å². The van der Waals surface area contributed by atoms with Gasteiger partial charge >= 0.3 is 5.97 Å². The summed E-state index contributed by atoms with van der Waals surface area (Å²) in [7, 11) is 0. The van der Waals surface area contributed by atoms with Crippen molar-refractivity contribution in [3.63, 3.8) is 0 Å². The smallest absolute Gasteiger partial charge is 0.326 e. The van der Waals surface area contributed by atoms with E-state index in [9.17, 15) is 39.0 Å². The molecular weight excluding hydrogens is 580 g/mol. The third-order valence-electron chi connectivity index (χ3n) is 6.34. The van der Waals surface area contributed by atoms with E-state index >= 15 is 0 Å². The number of aliphatic hydroxyl groups excluding tert-OH is 1. The number of nitrogens with two attached hydrogens (primary N) is 2. The van der Waals surface area contributed by atoms with Gasteiger partial charge in [-0.05, 0) is 42.8 Å². The molecule has 0 radical (unpaired) electrons. The molecule has 0 aromatic heterocycles. The first kappa shape index (κ1) is 37.3. The van der Waals surface area contributed by atoms with E-state index in [0.29, 0.717) is 11.3 Å². The molecule has 0 saturated heterocycles. The van der Waals surface area contributed by atoms with E-state index < -0.39 is 72.3 Å². The van der Waals surface area contributed by atoms with Crippen molar-refractivity contribution >= 4 is 47.3 Å². The number of carbonyl (C=O) groups is 6. The van der Waals surface area contributed by atoms with Crippen LogP contribution in [0.2, 0.25) is 0 Å². The molecule has 0 fully saturated rings. The Labute approximate surface area is 255 Å². The van der Waals surface area contributed by atoms with Gasteiger partial charge in [-0.3, -0.25) is 24.0 Å². The number of amides is 5. The first-order valence-electron chi connectivity index (χ1n) is 13.9. The van der Waals surface area contributed by atoms with Gasteiger partial charge in [-0.15, -0.1) is 0 Å². The predicted octanol–water partition coefficient (Wildman–Crippen LogP) is -1.36. The average Bonchev–Trinajstić information content (AvgIpc) is 2.95. The Bertz CT molecular complexity index is 1090. The molecule has 5 atom stereocenters. The minimum Gasteiger partial charge on any atom is -0.480 e. The van der Waals surface area contributed by atoms with Gasteiger partial charge in [0.15, 0.2) is 0 Å². The zero-order valence-corrected chi connectivity index (χ0v) is 25.5. The lowest BCUT2D eigenvalue weighted by Gasteiger charge is -2.26. The van der Waals surface area contributed by atoms with Crippen LogP contribution in [-0.4, -0.2) is 94.5 Å². The van der Waals surface area contributed by atoms with E-state index in [2.05, 4.69) is 21.3 Å². The maximum atomic E-state index is 13.1. The highest BCUT2D eigenvalue weighted by Gasteiger charge is 2.32. The molecule has 0 bridgehead atoms. The highest BCUT2D eigenvalue weighted by Crippen LogP contribution is 2.09. The number of nitrogens with one attached hydrogen (secondary N) is 4. The van der Waals surface area contributed by atoms with Gasteiger partial charge in [-0.2, -0.15) is 11.8 Å². The first-order valence-corrected chi connectivity index (χ1v) is 15.3. The summed E-state index contributed by atoms with van der Waals surface area (Å²) in [6.45, 7) is 2.81. The molecule has 0 unspecified atom stereocenters. The molecule has 0 aliphatic heterocycles. The topological polar surface area (TPSA) is 243 Å².